The van der Waals surface area contributed by atoms with Crippen LogP contribution in [0.1, 0.15) is 13.3 Å². The van der Waals surface area contributed by atoms with Gasteiger partial charge in [0.05, 0.1) is 12.9 Å². The van der Waals surface area contributed by atoms with E-state index in [2.05, 4.69) is 17.1 Å². The third kappa shape index (κ3) is 3.97. The van der Waals surface area contributed by atoms with Crippen molar-refractivity contribution in [1.29, 1.82) is 0 Å². The lowest BCUT2D eigenvalue weighted by molar-refractivity contribution is 0.318. The fourth-order valence-corrected chi connectivity index (χ4v) is 3.13. The lowest BCUT2D eigenvalue weighted by Crippen LogP contribution is -2.02. The van der Waals surface area contributed by atoms with Crippen LogP contribution in [0.5, 0.6) is 5.75 Å². The van der Waals surface area contributed by atoms with Crippen molar-refractivity contribution in [3.05, 3.63) is 48.5 Å². The van der Waals surface area contributed by atoms with Gasteiger partial charge < -0.3 is 9.15 Å². The molecule has 7 heteroatoms. The smallest absolute Gasteiger partial charge is 0.200 e. The molecular weight excluding hydrogens is 329 g/mol. The topological polar surface area (TPSA) is 53.1 Å². The number of hydrogen-bond acceptors (Lipinski definition) is 5. The van der Waals surface area contributed by atoms with Gasteiger partial charge in [-0.1, -0.05) is 11.8 Å². The van der Waals surface area contributed by atoms with E-state index in [1.54, 1.807) is 30.2 Å². The first-order chi connectivity index (χ1) is 11.8. The molecule has 1 aromatic carbocycles. The highest BCUT2D eigenvalue weighted by molar-refractivity contribution is 7.99. The number of thioether (sulfide) groups is 1. The first-order valence-corrected chi connectivity index (χ1v) is 8.74. The molecule has 0 spiro atoms. The van der Waals surface area contributed by atoms with E-state index in [0.29, 0.717) is 12.4 Å². The van der Waals surface area contributed by atoms with Gasteiger partial charge in [-0.25, -0.2) is 4.39 Å². The van der Waals surface area contributed by atoms with Crippen LogP contribution in [0.15, 0.2) is 52.2 Å². The van der Waals surface area contributed by atoms with Gasteiger partial charge in [0.25, 0.3) is 0 Å². The van der Waals surface area contributed by atoms with Crippen LogP contribution in [0.2, 0.25) is 0 Å². The average Bonchev–Trinajstić information content (AvgIpc) is 3.25. The molecule has 0 atom stereocenters. The first-order valence-electron chi connectivity index (χ1n) is 7.76. The van der Waals surface area contributed by atoms with E-state index in [-0.39, 0.29) is 5.82 Å². The molecule has 0 saturated carbocycles. The second-order valence-corrected chi connectivity index (χ2v) is 6.09. The minimum absolute atomic E-state index is 0.260. The Morgan fingerprint density at radius 1 is 1.21 bits per heavy atom. The second kappa shape index (κ2) is 8.01. The lowest BCUT2D eigenvalue weighted by atomic mass is 10.3. The number of furan rings is 1. The van der Waals surface area contributed by atoms with E-state index >= 15 is 0 Å². The molecule has 2 heterocycles. The number of benzene rings is 1. The zero-order valence-corrected chi connectivity index (χ0v) is 14.1. The van der Waals surface area contributed by atoms with Crippen molar-refractivity contribution in [2.75, 3.05) is 12.4 Å². The van der Waals surface area contributed by atoms with Crippen molar-refractivity contribution in [3.8, 4) is 17.3 Å². The van der Waals surface area contributed by atoms with E-state index in [0.717, 1.165) is 35.5 Å². The summed E-state index contributed by atoms with van der Waals surface area (Å²) in [5, 5.41) is 9.32. The summed E-state index contributed by atoms with van der Waals surface area (Å²) in [6.45, 7) is 3.40. The molecule has 0 N–H and O–H groups in total. The van der Waals surface area contributed by atoms with E-state index in [9.17, 15) is 4.39 Å². The number of hydrogen-bond donors (Lipinski definition) is 0. The highest BCUT2D eigenvalue weighted by Crippen LogP contribution is 2.24. The third-order valence-electron chi connectivity index (χ3n) is 3.38. The van der Waals surface area contributed by atoms with Crippen LogP contribution in [0, 0.1) is 5.82 Å². The van der Waals surface area contributed by atoms with Gasteiger partial charge in [-0.2, -0.15) is 0 Å². The van der Waals surface area contributed by atoms with Crippen LogP contribution < -0.4 is 4.74 Å². The highest BCUT2D eigenvalue weighted by Gasteiger charge is 2.14. The summed E-state index contributed by atoms with van der Waals surface area (Å²) >= 11 is 1.64. The highest BCUT2D eigenvalue weighted by atomic mass is 32.2. The summed E-state index contributed by atoms with van der Waals surface area (Å²) in [7, 11) is 0. The zero-order chi connectivity index (χ0) is 16.8. The van der Waals surface area contributed by atoms with E-state index in [4.69, 9.17) is 9.15 Å². The molecule has 0 bridgehead atoms. The SMILES string of the molecule is CCn1c(SCCCOc2ccc(F)cc2)nnc1-c1ccco1. The number of aromatic nitrogens is 3. The Bertz CT molecular complexity index is 757. The first kappa shape index (κ1) is 16.6. The van der Waals surface area contributed by atoms with Crippen molar-refractivity contribution in [2.45, 2.75) is 25.0 Å². The Labute approximate surface area is 143 Å². The molecular formula is C17H18FN3O2S. The Morgan fingerprint density at radius 2 is 2.04 bits per heavy atom. The number of ether oxygens (including phenoxy) is 1. The van der Waals surface area contributed by atoms with Crippen molar-refractivity contribution in [3.63, 3.8) is 0 Å². The normalized spacial score (nSPS) is 10.9. The van der Waals surface area contributed by atoms with Gasteiger partial charge in [-0.05, 0) is 49.7 Å². The number of halogens is 1. The fraction of sp³-hybridized carbons (Fsp3) is 0.294. The molecule has 3 rings (SSSR count). The predicted molar refractivity (Wildman–Crippen MR) is 90.6 cm³/mol. The standard InChI is InChI=1S/C17H18FN3O2S/c1-2-21-16(15-5-3-10-23-15)19-20-17(21)24-12-4-11-22-14-8-6-13(18)7-9-14/h3,5-10H,2,4,11-12H2,1H3. The molecule has 0 fully saturated rings. The Balaban J connectivity index is 1.49. The summed E-state index contributed by atoms with van der Waals surface area (Å²) < 4.78 is 25.8. The Hall–Kier alpha value is -2.28. The number of nitrogens with zero attached hydrogens (tertiary/aromatic N) is 3. The average molecular weight is 347 g/mol. The zero-order valence-electron chi connectivity index (χ0n) is 13.3. The van der Waals surface area contributed by atoms with Gasteiger partial charge in [-0.15, -0.1) is 10.2 Å². The van der Waals surface area contributed by atoms with Gasteiger partial charge in [0, 0.05) is 12.3 Å². The van der Waals surface area contributed by atoms with Crippen LogP contribution in [-0.2, 0) is 6.54 Å². The fourth-order valence-electron chi connectivity index (χ4n) is 2.21. The Morgan fingerprint density at radius 3 is 2.75 bits per heavy atom. The van der Waals surface area contributed by atoms with Crippen LogP contribution in [0.25, 0.3) is 11.6 Å². The molecule has 0 aliphatic carbocycles. The monoisotopic (exact) mass is 347 g/mol. The van der Waals surface area contributed by atoms with Crippen molar-refractivity contribution < 1.29 is 13.5 Å². The quantitative estimate of drug-likeness (QED) is 0.450. The van der Waals surface area contributed by atoms with Crippen molar-refractivity contribution >= 4 is 11.8 Å². The van der Waals surface area contributed by atoms with Gasteiger partial charge in [0.2, 0.25) is 0 Å². The molecule has 0 saturated heterocycles. The summed E-state index contributed by atoms with van der Waals surface area (Å²) in [6.07, 6.45) is 2.48. The molecule has 0 radical (unpaired) electrons. The van der Waals surface area contributed by atoms with E-state index < -0.39 is 0 Å². The van der Waals surface area contributed by atoms with Gasteiger partial charge >= 0.3 is 0 Å². The molecule has 5 nitrogen and oxygen atoms in total. The minimum atomic E-state index is -0.260. The predicted octanol–water partition coefficient (Wildman–Crippen LogP) is 4.26. The largest absolute Gasteiger partial charge is 0.494 e. The molecule has 0 unspecified atom stereocenters. The summed E-state index contributed by atoms with van der Waals surface area (Å²) in [6, 6.07) is 9.76. The molecule has 24 heavy (non-hydrogen) atoms. The van der Waals surface area contributed by atoms with Gasteiger partial charge in [-0.3, -0.25) is 4.57 Å². The van der Waals surface area contributed by atoms with Crippen LogP contribution in [0.4, 0.5) is 4.39 Å². The molecule has 3 aromatic rings. The maximum atomic E-state index is 12.8. The van der Waals surface area contributed by atoms with Crippen molar-refractivity contribution in [1.82, 2.24) is 14.8 Å². The van der Waals surface area contributed by atoms with Crippen LogP contribution in [0.3, 0.4) is 0 Å². The molecule has 0 amide bonds. The number of rotatable bonds is 8. The molecule has 0 aliphatic rings. The third-order valence-corrected chi connectivity index (χ3v) is 4.43. The summed E-state index contributed by atoms with van der Waals surface area (Å²) in [5.74, 6) is 2.74. The van der Waals surface area contributed by atoms with Gasteiger partial charge in [0.1, 0.15) is 11.6 Å². The molecule has 2 aromatic heterocycles. The van der Waals surface area contributed by atoms with Crippen LogP contribution in [-0.4, -0.2) is 27.1 Å². The summed E-state index contributed by atoms with van der Waals surface area (Å²) in [4.78, 5) is 0. The Kier molecular flexibility index (Phi) is 5.53. The lowest BCUT2D eigenvalue weighted by Gasteiger charge is -2.07. The molecule has 0 aliphatic heterocycles. The van der Waals surface area contributed by atoms with E-state index in [1.165, 1.54) is 12.1 Å². The second-order valence-electron chi connectivity index (χ2n) is 5.03. The van der Waals surface area contributed by atoms with Gasteiger partial charge in [0.15, 0.2) is 16.7 Å². The summed E-state index contributed by atoms with van der Waals surface area (Å²) in [5.41, 5.74) is 0. The van der Waals surface area contributed by atoms with Crippen molar-refractivity contribution in [2.24, 2.45) is 0 Å². The van der Waals surface area contributed by atoms with Crippen LogP contribution >= 0.6 is 11.8 Å². The maximum absolute atomic E-state index is 12.8. The molecule has 126 valence electrons. The maximum Gasteiger partial charge on any atom is 0.200 e. The van der Waals surface area contributed by atoms with E-state index in [1.807, 2.05) is 16.7 Å². The minimum Gasteiger partial charge on any atom is -0.494 e.